The number of benzene rings is 4. The fourth-order valence-electron chi connectivity index (χ4n) is 6.28. The van der Waals surface area contributed by atoms with Crippen LogP contribution in [0.3, 0.4) is 0 Å². The Hall–Kier alpha value is -3.75. The van der Waals surface area contributed by atoms with E-state index in [1.54, 1.807) is 6.92 Å². The summed E-state index contributed by atoms with van der Waals surface area (Å²) in [6.07, 6.45) is -0.0404. The summed E-state index contributed by atoms with van der Waals surface area (Å²) in [5.74, 6) is 0. The Labute approximate surface area is 321 Å². The van der Waals surface area contributed by atoms with Crippen molar-refractivity contribution >= 4 is 24.3 Å². The first kappa shape index (κ1) is 42.0. The van der Waals surface area contributed by atoms with Gasteiger partial charge in [0.1, 0.15) is 0 Å². The minimum absolute atomic E-state index is 0.0344. The van der Waals surface area contributed by atoms with Crippen molar-refractivity contribution in [2.24, 2.45) is 0 Å². The van der Waals surface area contributed by atoms with E-state index in [0.717, 1.165) is 55.7 Å². The van der Waals surface area contributed by atoms with Crippen molar-refractivity contribution in [3.8, 4) is 0 Å². The Bertz CT molecular complexity index is 1900. The Morgan fingerprint density at radius 2 is 0.792 bits per heavy atom. The summed E-state index contributed by atoms with van der Waals surface area (Å²) >= 11 is 0. The van der Waals surface area contributed by atoms with Crippen molar-refractivity contribution in [2.75, 3.05) is 6.61 Å². The molecule has 0 spiro atoms. The van der Waals surface area contributed by atoms with Gasteiger partial charge in [0.15, 0.2) is 0 Å². The normalized spacial score (nSPS) is 13.8. The maximum Gasteiger partial charge on any atom is 0.332 e. The number of rotatable bonds is 10. The molecule has 0 bridgehead atoms. The molecule has 0 fully saturated rings. The van der Waals surface area contributed by atoms with Crippen LogP contribution in [-0.4, -0.2) is 11.5 Å². The molecular weight excluding hydrogens is 668 g/mol. The van der Waals surface area contributed by atoms with Crippen LogP contribution in [-0.2, 0) is 36.9 Å². The third-order valence-corrected chi connectivity index (χ3v) is 11.4. The monoisotopic (exact) mass is 730 g/mol. The van der Waals surface area contributed by atoms with Gasteiger partial charge in [-0.2, -0.15) is 0 Å². The second kappa shape index (κ2) is 15.2. The predicted molar refractivity (Wildman–Crippen MR) is 230 cm³/mol. The second-order valence-corrected chi connectivity index (χ2v) is 20.6. The highest BCUT2D eigenvalue weighted by Crippen LogP contribution is 2.46. The van der Waals surface area contributed by atoms with Crippen LogP contribution in [0.1, 0.15) is 151 Å². The first-order chi connectivity index (χ1) is 24.2. The molecule has 0 aliphatic heterocycles. The molecule has 0 saturated carbocycles. The standard InChI is InChI=1S/C49H63O3P/c1-17-52-53(50,51)31-35-18-20-36(21-19-35)32(2)37-22-38(33(3)40-25-42(46(5,6)7)29-43(26-40)47(8,9)10)24-39(23-37)34(4)41-27-44(48(11,12)13)30-45(28-41)49(14,15)16/h18-30H,2-4,17,31H2,1,5-16H3,(H,50,51). The Balaban J connectivity index is 1.92. The summed E-state index contributed by atoms with van der Waals surface area (Å²) in [7, 11) is -3.70. The highest BCUT2D eigenvalue weighted by atomic mass is 31.2. The molecule has 4 aromatic carbocycles. The molecule has 1 atom stereocenters. The Morgan fingerprint density at radius 3 is 1.08 bits per heavy atom. The van der Waals surface area contributed by atoms with Gasteiger partial charge in [-0.15, -0.1) is 0 Å². The molecule has 3 nitrogen and oxygen atoms in total. The predicted octanol–water partition coefficient (Wildman–Crippen LogP) is 13.8. The van der Waals surface area contributed by atoms with E-state index in [1.165, 1.54) is 22.3 Å². The lowest BCUT2D eigenvalue weighted by atomic mass is 9.77. The third-order valence-electron chi connectivity index (χ3n) is 10.0. The van der Waals surface area contributed by atoms with Crippen molar-refractivity contribution in [1.29, 1.82) is 0 Å². The molecule has 1 N–H and O–H groups in total. The molecule has 0 saturated heterocycles. The van der Waals surface area contributed by atoms with E-state index < -0.39 is 7.60 Å². The lowest BCUT2D eigenvalue weighted by molar-refractivity contribution is 0.272. The van der Waals surface area contributed by atoms with E-state index in [0.29, 0.717) is 0 Å². The fourth-order valence-corrected chi connectivity index (χ4v) is 7.44. The smallest absolute Gasteiger partial charge is 0.324 e. The summed E-state index contributed by atoms with van der Waals surface area (Å²) in [6, 6.07) is 28.1. The summed E-state index contributed by atoms with van der Waals surface area (Å²) < 4.78 is 17.6. The van der Waals surface area contributed by atoms with E-state index >= 15 is 0 Å². The van der Waals surface area contributed by atoms with Crippen LogP contribution >= 0.6 is 7.60 Å². The van der Waals surface area contributed by atoms with Gasteiger partial charge in [0, 0.05) is 0 Å². The van der Waals surface area contributed by atoms with Gasteiger partial charge >= 0.3 is 7.60 Å². The Morgan fingerprint density at radius 1 is 0.509 bits per heavy atom. The third kappa shape index (κ3) is 10.5. The molecule has 4 aromatic rings. The van der Waals surface area contributed by atoms with Crippen LogP contribution in [0.25, 0.3) is 16.7 Å². The van der Waals surface area contributed by atoms with Crippen LogP contribution in [0.15, 0.2) is 98.6 Å². The summed E-state index contributed by atoms with van der Waals surface area (Å²) in [6.45, 7) is 43.0. The van der Waals surface area contributed by atoms with Crippen molar-refractivity contribution in [3.63, 3.8) is 0 Å². The van der Waals surface area contributed by atoms with Gasteiger partial charge in [0.2, 0.25) is 0 Å². The van der Waals surface area contributed by atoms with Crippen molar-refractivity contribution in [2.45, 2.75) is 118 Å². The van der Waals surface area contributed by atoms with Crippen LogP contribution < -0.4 is 0 Å². The Kier molecular flexibility index (Phi) is 12.0. The molecule has 0 radical (unpaired) electrons. The maximum absolute atomic E-state index is 12.5. The lowest BCUT2D eigenvalue weighted by Crippen LogP contribution is -2.17. The van der Waals surface area contributed by atoms with E-state index in [9.17, 15) is 9.46 Å². The van der Waals surface area contributed by atoms with Crippen molar-refractivity contribution in [3.05, 3.63) is 160 Å². The molecule has 0 aliphatic rings. The zero-order valence-corrected chi connectivity index (χ0v) is 35.6. The van der Waals surface area contributed by atoms with Crippen LogP contribution in [0, 0.1) is 0 Å². The van der Waals surface area contributed by atoms with Crippen molar-refractivity contribution < 1.29 is 14.0 Å². The van der Waals surface area contributed by atoms with E-state index in [2.05, 4.69) is 144 Å². The molecule has 4 heteroatoms. The van der Waals surface area contributed by atoms with Gasteiger partial charge in [-0.3, -0.25) is 4.57 Å². The topological polar surface area (TPSA) is 46.5 Å². The van der Waals surface area contributed by atoms with E-state index in [4.69, 9.17) is 17.7 Å². The SMILES string of the molecule is C=C(c1ccc(CP(=O)(O)OCC)cc1)c1cc(C(=C)c2cc(C(C)(C)C)cc(C(C)(C)C)c2)cc(C(=C)c2cc(C(C)(C)C)cc(C(C)(C)C)c2)c1. The largest absolute Gasteiger partial charge is 0.332 e. The quantitative estimate of drug-likeness (QED) is 0.165. The molecule has 1 unspecified atom stereocenters. The number of hydrogen-bond acceptors (Lipinski definition) is 2. The molecular formula is C49H63O3P. The van der Waals surface area contributed by atoms with Gasteiger partial charge in [-0.1, -0.05) is 163 Å². The molecule has 0 aliphatic carbocycles. The molecule has 53 heavy (non-hydrogen) atoms. The van der Waals surface area contributed by atoms with Gasteiger partial charge in [0.05, 0.1) is 12.8 Å². The van der Waals surface area contributed by atoms with Gasteiger partial charge in [-0.05, 0) is 125 Å². The minimum atomic E-state index is -3.70. The van der Waals surface area contributed by atoms with Crippen molar-refractivity contribution in [1.82, 2.24) is 0 Å². The molecule has 282 valence electrons. The summed E-state index contributed by atoms with van der Waals surface area (Å²) in [4.78, 5) is 10.2. The van der Waals surface area contributed by atoms with Gasteiger partial charge < -0.3 is 9.42 Å². The first-order valence-corrected chi connectivity index (χ1v) is 20.6. The minimum Gasteiger partial charge on any atom is -0.324 e. The average molecular weight is 731 g/mol. The van der Waals surface area contributed by atoms with Crippen LogP contribution in [0.2, 0.25) is 0 Å². The first-order valence-electron chi connectivity index (χ1n) is 18.8. The zero-order valence-electron chi connectivity index (χ0n) is 34.8. The molecule has 0 aromatic heterocycles. The molecule has 4 rings (SSSR count). The lowest BCUT2D eigenvalue weighted by Gasteiger charge is -2.27. The zero-order chi connectivity index (χ0) is 39.9. The average Bonchev–Trinajstić information content (AvgIpc) is 3.05. The fraction of sp³-hybridized carbons (Fsp3) is 0.388. The van der Waals surface area contributed by atoms with Gasteiger partial charge in [0.25, 0.3) is 0 Å². The molecule has 0 heterocycles. The second-order valence-electron chi connectivity index (χ2n) is 18.7. The van der Waals surface area contributed by atoms with Gasteiger partial charge in [-0.25, -0.2) is 0 Å². The molecule has 0 amide bonds. The van der Waals surface area contributed by atoms with Crippen LogP contribution in [0.4, 0.5) is 0 Å². The van der Waals surface area contributed by atoms with E-state index in [-0.39, 0.29) is 34.4 Å². The summed E-state index contributed by atoms with van der Waals surface area (Å²) in [5, 5.41) is 0. The van der Waals surface area contributed by atoms with Crippen LogP contribution in [0.5, 0.6) is 0 Å². The maximum atomic E-state index is 12.5. The highest BCUT2D eigenvalue weighted by Gasteiger charge is 2.24. The summed E-state index contributed by atoms with van der Waals surface area (Å²) in [5.41, 5.74) is 14.5. The van der Waals surface area contributed by atoms with E-state index in [1.807, 2.05) is 24.3 Å². The highest BCUT2D eigenvalue weighted by molar-refractivity contribution is 7.51. The number of hydrogen-bond donors (Lipinski definition) is 1.